The lowest BCUT2D eigenvalue weighted by Crippen LogP contribution is -2.49. The second-order valence-corrected chi connectivity index (χ2v) is 7.17. The predicted molar refractivity (Wildman–Crippen MR) is 86.7 cm³/mol. The predicted octanol–water partition coefficient (Wildman–Crippen LogP) is 1.22. The standard InChI is InChI=1S/C14H24N4O2S/c1-17(2)13-8-6-12(7-9-13)16-21(19,20)18-10-4-3-5-14(18)11-15/h6-9,14,16H,3-5,10-11,15H2,1-2H3. The van der Waals surface area contributed by atoms with E-state index in [1.807, 2.05) is 31.1 Å². The van der Waals surface area contributed by atoms with E-state index in [2.05, 4.69) is 4.72 Å². The van der Waals surface area contributed by atoms with Crippen molar-refractivity contribution >= 4 is 21.6 Å². The van der Waals surface area contributed by atoms with Gasteiger partial charge in [0.25, 0.3) is 0 Å². The van der Waals surface area contributed by atoms with Crippen molar-refractivity contribution in [3.8, 4) is 0 Å². The van der Waals surface area contributed by atoms with Crippen LogP contribution in [0.4, 0.5) is 11.4 Å². The highest BCUT2D eigenvalue weighted by atomic mass is 32.2. The van der Waals surface area contributed by atoms with Crippen molar-refractivity contribution in [3.05, 3.63) is 24.3 Å². The number of nitrogens with two attached hydrogens (primary N) is 1. The van der Waals surface area contributed by atoms with Crippen molar-refractivity contribution < 1.29 is 8.42 Å². The molecule has 0 aliphatic carbocycles. The largest absolute Gasteiger partial charge is 0.378 e. The third-order valence-corrected chi connectivity index (χ3v) is 5.38. The van der Waals surface area contributed by atoms with Crippen molar-refractivity contribution in [2.24, 2.45) is 5.73 Å². The van der Waals surface area contributed by atoms with Crippen LogP contribution in [-0.2, 0) is 10.2 Å². The van der Waals surface area contributed by atoms with Crippen molar-refractivity contribution in [2.75, 3.05) is 36.8 Å². The fourth-order valence-corrected chi connectivity index (χ4v) is 4.07. The molecular formula is C14H24N4O2S. The molecule has 0 aromatic heterocycles. The van der Waals surface area contributed by atoms with Crippen LogP contribution in [0.3, 0.4) is 0 Å². The van der Waals surface area contributed by atoms with Crippen LogP contribution in [0, 0.1) is 0 Å². The molecule has 1 fully saturated rings. The second kappa shape index (κ2) is 6.64. The minimum absolute atomic E-state index is 0.0997. The third kappa shape index (κ3) is 3.87. The summed E-state index contributed by atoms with van der Waals surface area (Å²) in [6, 6.07) is 7.21. The molecule has 1 aliphatic heterocycles. The zero-order valence-corrected chi connectivity index (χ0v) is 13.4. The molecule has 0 saturated carbocycles. The van der Waals surface area contributed by atoms with Crippen molar-refractivity contribution in [1.29, 1.82) is 0 Å². The van der Waals surface area contributed by atoms with Gasteiger partial charge < -0.3 is 10.6 Å². The van der Waals surface area contributed by atoms with Crippen LogP contribution >= 0.6 is 0 Å². The summed E-state index contributed by atoms with van der Waals surface area (Å²) < 4.78 is 29.1. The maximum absolute atomic E-state index is 12.5. The van der Waals surface area contributed by atoms with Crippen LogP contribution in [0.25, 0.3) is 0 Å². The molecular weight excluding hydrogens is 288 g/mol. The Morgan fingerprint density at radius 1 is 1.29 bits per heavy atom. The fourth-order valence-electron chi connectivity index (χ4n) is 2.56. The summed E-state index contributed by atoms with van der Waals surface area (Å²) in [5.74, 6) is 0. The van der Waals surface area contributed by atoms with Gasteiger partial charge in [-0.1, -0.05) is 6.42 Å². The smallest absolute Gasteiger partial charge is 0.301 e. The van der Waals surface area contributed by atoms with E-state index < -0.39 is 10.2 Å². The van der Waals surface area contributed by atoms with E-state index in [1.54, 1.807) is 12.1 Å². The quantitative estimate of drug-likeness (QED) is 0.857. The number of nitrogens with zero attached hydrogens (tertiary/aromatic N) is 2. The van der Waals surface area contributed by atoms with E-state index in [4.69, 9.17) is 5.73 Å². The van der Waals surface area contributed by atoms with E-state index in [0.29, 0.717) is 18.8 Å². The highest BCUT2D eigenvalue weighted by molar-refractivity contribution is 7.90. The number of nitrogens with one attached hydrogen (secondary N) is 1. The second-order valence-electron chi connectivity index (χ2n) is 5.54. The maximum Gasteiger partial charge on any atom is 0.301 e. The molecule has 2 rings (SSSR count). The molecule has 0 bridgehead atoms. The van der Waals surface area contributed by atoms with Crippen LogP contribution < -0.4 is 15.4 Å². The summed E-state index contributed by atoms with van der Waals surface area (Å²) in [7, 11) is 0.345. The zero-order chi connectivity index (χ0) is 15.5. The van der Waals surface area contributed by atoms with Crippen molar-refractivity contribution in [2.45, 2.75) is 25.3 Å². The Balaban J connectivity index is 2.12. The summed E-state index contributed by atoms with van der Waals surface area (Å²) in [4.78, 5) is 1.97. The first-order valence-electron chi connectivity index (χ1n) is 7.21. The number of rotatable bonds is 5. The Morgan fingerprint density at radius 2 is 1.95 bits per heavy atom. The SMILES string of the molecule is CN(C)c1ccc(NS(=O)(=O)N2CCCCC2CN)cc1. The first kappa shape index (κ1) is 16.1. The van der Waals surface area contributed by atoms with Gasteiger partial charge in [0.2, 0.25) is 0 Å². The molecule has 1 saturated heterocycles. The molecule has 1 aromatic carbocycles. The Hall–Kier alpha value is -1.31. The number of hydrogen-bond donors (Lipinski definition) is 2. The summed E-state index contributed by atoms with van der Waals surface area (Å²) in [5.41, 5.74) is 7.29. The van der Waals surface area contributed by atoms with Crippen LogP contribution in [-0.4, -0.2) is 45.9 Å². The number of hydrogen-bond acceptors (Lipinski definition) is 4. The molecule has 0 radical (unpaired) electrons. The molecule has 118 valence electrons. The molecule has 3 N–H and O–H groups in total. The Labute approximate surface area is 127 Å². The van der Waals surface area contributed by atoms with Gasteiger partial charge in [0.15, 0.2) is 0 Å². The molecule has 21 heavy (non-hydrogen) atoms. The Kier molecular flexibility index (Phi) is 5.08. The number of benzene rings is 1. The lowest BCUT2D eigenvalue weighted by atomic mass is 10.1. The highest BCUT2D eigenvalue weighted by Gasteiger charge is 2.31. The van der Waals surface area contributed by atoms with Gasteiger partial charge in [-0.15, -0.1) is 0 Å². The molecule has 0 spiro atoms. The normalized spacial score (nSPS) is 20.2. The topological polar surface area (TPSA) is 78.7 Å². The van der Waals surface area contributed by atoms with Crippen LogP contribution in [0.15, 0.2) is 24.3 Å². The van der Waals surface area contributed by atoms with Gasteiger partial charge in [-0.25, -0.2) is 0 Å². The lowest BCUT2D eigenvalue weighted by molar-refractivity contribution is 0.259. The van der Waals surface area contributed by atoms with Crippen molar-refractivity contribution in [1.82, 2.24) is 4.31 Å². The molecule has 1 unspecified atom stereocenters. The van der Waals surface area contributed by atoms with Crippen LogP contribution in [0.1, 0.15) is 19.3 Å². The minimum atomic E-state index is -3.54. The average molecular weight is 312 g/mol. The van der Waals surface area contributed by atoms with Gasteiger partial charge in [0.05, 0.1) is 0 Å². The highest BCUT2D eigenvalue weighted by Crippen LogP contribution is 2.22. The monoisotopic (exact) mass is 312 g/mol. The Morgan fingerprint density at radius 3 is 2.52 bits per heavy atom. The van der Waals surface area contributed by atoms with Gasteiger partial charge in [-0.2, -0.15) is 12.7 Å². The lowest BCUT2D eigenvalue weighted by Gasteiger charge is -2.33. The molecule has 1 aliphatic rings. The number of piperidine rings is 1. The van der Waals surface area contributed by atoms with Gasteiger partial charge in [0.1, 0.15) is 0 Å². The summed E-state index contributed by atoms with van der Waals surface area (Å²) in [5, 5.41) is 0. The maximum atomic E-state index is 12.5. The first-order valence-corrected chi connectivity index (χ1v) is 8.65. The molecule has 1 aromatic rings. The molecule has 7 heteroatoms. The van der Waals surface area contributed by atoms with E-state index >= 15 is 0 Å². The average Bonchev–Trinajstić information content (AvgIpc) is 2.47. The van der Waals surface area contributed by atoms with E-state index in [9.17, 15) is 8.42 Å². The summed E-state index contributed by atoms with van der Waals surface area (Å²) in [6.45, 7) is 0.896. The van der Waals surface area contributed by atoms with E-state index in [1.165, 1.54) is 4.31 Å². The summed E-state index contributed by atoms with van der Waals surface area (Å²) in [6.07, 6.45) is 2.75. The van der Waals surface area contributed by atoms with Gasteiger partial charge in [-0.3, -0.25) is 4.72 Å². The zero-order valence-electron chi connectivity index (χ0n) is 12.6. The van der Waals surface area contributed by atoms with Crippen LogP contribution in [0.5, 0.6) is 0 Å². The third-order valence-electron chi connectivity index (χ3n) is 3.78. The van der Waals surface area contributed by atoms with E-state index in [-0.39, 0.29) is 6.04 Å². The molecule has 0 amide bonds. The molecule has 1 heterocycles. The number of anilines is 2. The molecule has 6 nitrogen and oxygen atoms in total. The van der Waals surface area contributed by atoms with Crippen LogP contribution in [0.2, 0.25) is 0 Å². The minimum Gasteiger partial charge on any atom is -0.378 e. The summed E-state index contributed by atoms with van der Waals surface area (Å²) >= 11 is 0. The van der Waals surface area contributed by atoms with Gasteiger partial charge in [0, 0.05) is 44.6 Å². The first-order chi connectivity index (χ1) is 9.94. The van der Waals surface area contributed by atoms with Gasteiger partial charge in [-0.05, 0) is 37.1 Å². The Bertz CT molecular complexity index is 557. The van der Waals surface area contributed by atoms with E-state index in [0.717, 1.165) is 24.9 Å². The van der Waals surface area contributed by atoms with Crippen molar-refractivity contribution in [3.63, 3.8) is 0 Å². The fraction of sp³-hybridized carbons (Fsp3) is 0.571. The molecule has 1 atom stereocenters. The van der Waals surface area contributed by atoms with Gasteiger partial charge >= 0.3 is 10.2 Å².